The average molecular weight is 193 g/mol. The molecule has 0 spiro atoms. The lowest BCUT2D eigenvalue weighted by Gasteiger charge is -2.28. The maximum absolute atomic E-state index is 5.38. The highest BCUT2D eigenvalue weighted by Crippen LogP contribution is 2.22. The number of aromatic nitrogens is 2. The highest BCUT2D eigenvalue weighted by Gasteiger charge is 2.15. The fourth-order valence-corrected chi connectivity index (χ4v) is 1.77. The zero-order valence-electron chi connectivity index (χ0n) is 8.11. The number of anilines is 2. The van der Waals surface area contributed by atoms with Crippen molar-refractivity contribution in [3.63, 3.8) is 0 Å². The SMILES string of the molecule is NNc1nccnc1N1CCCCC1. The molecule has 1 fully saturated rings. The van der Waals surface area contributed by atoms with Gasteiger partial charge in [0.25, 0.3) is 0 Å². The Hall–Kier alpha value is -1.36. The van der Waals surface area contributed by atoms with Crippen molar-refractivity contribution < 1.29 is 0 Å². The van der Waals surface area contributed by atoms with Gasteiger partial charge in [0.2, 0.25) is 0 Å². The summed E-state index contributed by atoms with van der Waals surface area (Å²) in [6.45, 7) is 2.10. The lowest BCUT2D eigenvalue weighted by molar-refractivity contribution is 0.573. The van der Waals surface area contributed by atoms with Crippen LogP contribution in [0.1, 0.15) is 19.3 Å². The van der Waals surface area contributed by atoms with Gasteiger partial charge in [0, 0.05) is 25.5 Å². The molecule has 14 heavy (non-hydrogen) atoms. The van der Waals surface area contributed by atoms with Crippen LogP contribution in [-0.4, -0.2) is 23.1 Å². The van der Waals surface area contributed by atoms with E-state index in [0.717, 1.165) is 18.9 Å². The first kappa shape index (κ1) is 9.21. The molecule has 76 valence electrons. The molecule has 0 aliphatic carbocycles. The minimum Gasteiger partial charge on any atom is -0.354 e. The van der Waals surface area contributed by atoms with Gasteiger partial charge in [-0.05, 0) is 19.3 Å². The second kappa shape index (κ2) is 4.23. The lowest BCUT2D eigenvalue weighted by atomic mass is 10.1. The van der Waals surface area contributed by atoms with Gasteiger partial charge in [-0.3, -0.25) is 0 Å². The quantitative estimate of drug-likeness (QED) is 0.536. The molecule has 0 aromatic carbocycles. The Labute approximate surface area is 83.3 Å². The van der Waals surface area contributed by atoms with E-state index in [1.807, 2.05) is 0 Å². The molecule has 2 heterocycles. The Morgan fingerprint density at radius 3 is 2.57 bits per heavy atom. The first-order valence-electron chi connectivity index (χ1n) is 4.94. The van der Waals surface area contributed by atoms with E-state index in [1.165, 1.54) is 19.3 Å². The van der Waals surface area contributed by atoms with Crippen LogP contribution in [0.2, 0.25) is 0 Å². The number of hydrazine groups is 1. The van der Waals surface area contributed by atoms with Crippen molar-refractivity contribution in [2.75, 3.05) is 23.4 Å². The third-order valence-electron chi connectivity index (χ3n) is 2.47. The fourth-order valence-electron chi connectivity index (χ4n) is 1.77. The van der Waals surface area contributed by atoms with Crippen LogP contribution in [0, 0.1) is 0 Å². The molecule has 5 nitrogen and oxygen atoms in total. The third kappa shape index (κ3) is 1.77. The number of nitrogen functional groups attached to an aromatic ring is 1. The number of nitrogens with two attached hydrogens (primary N) is 1. The van der Waals surface area contributed by atoms with Crippen LogP contribution < -0.4 is 16.2 Å². The number of hydrogen-bond donors (Lipinski definition) is 2. The monoisotopic (exact) mass is 193 g/mol. The molecular weight excluding hydrogens is 178 g/mol. The van der Waals surface area contributed by atoms with Crippen LogP contribution >= 0.6 is 0 Å². The molecule has 0 atom stereocenters. The summed E-state index contributed by atoms with van der Waals surface area (Å²) in [5.41, 5.74) is 2.58. The van der Waals surface area contributed by atoms with Gasteiger partial charge in [-0.2, -0.15) is 0 Å². The Balaban J connectivity index is 2.20. The van der Waals surface area contributed by atoms with Crippen molar-refractivity contribution >= 4 is 11.6 Å². The highest BCUT2D eigenvalue weighted by atomic mass is 15.3. The van der Waals surface area contributed by atoms with Gasteiger partial charge in [-0.1, -0.05) is 0 Å². The molecular formula is C9H15N5. The molecule has 1 aromatic rings. The molecule has 0 amide bonds. The molecule has 1 aromatic heterocycles. The van der Waals surface area contributed by atoms with E-state index in [2.05, 4.69) is 20.3 Å². The summed E-state index contributed by atoms with van der Waals surface area (Å²) in [6, 6.07) is 0. The largest absolute Gasteiger partial charge is 0.354 e. The predicted octanol–water partition coefficient (Wildman–Crippen LogP) is 0.752. The molecule has 2 rings (SSSR count). The van der Waals surface area contributed by atoms with Crippen molar-refractivity contribution in [1.82, 2.24) is 9.97 Å². The maximum Gasteiger partial charge on any atom is 0.183 e. The van der Waals surface area contributed by atoms with Crippen molar-refractivity contribution in [2.24, 2.45) is 5.84 Å². The first-order chi connectivity index (χ1) is 6.92. The van der Waals surface area contributed by atoms with Gasteiger partial charge in [-0.25, -0.2) is 15.8 Å². The van der Waals surface area contributed by atoms with Crippen LogP contribution in [0.3, 0.4) is 0 Å². The van der Waals surface area contributed by atoms with Crippen LogP contribution in [0.25, 0.3) is 0 Å². The van der Waals surface area contributed by atoms with E-state index in [1.54, 1.807) is 12.4 Å². The standard InChI is InChI=1S/C9H15N5/c10-13-8-9(12-5-4-11-8)14-6-2-1-3-7-14/h4-5H,1-3,6-7,10H2,(H,11,13). The molecule has 0 saturated carbocycles. The molecule has 1 aliphatic rings. The van der Waals surface area contributed by atoms with Gasteiger partial charge in [-0.15, -0.1) is 0 Å². The summed E-state index contributed by atoms with van der Waals surface area (Å²) in [4.78, 5) is 10.7. The summed E-state index contributed by atoms with van der Waals surface area (Å²) in [7, 11) is 0. The zero-order valence-corrected chi connectivity index (χ0v) is 8.11. The van der Waals surface area contributed by atoms with Crippen LogP contribution in [0.4, 0.5) is 11.6 Å². The van der Waals surface area contributed by atoms with Crippen LogP contribution in [0.15, 0.2) is 12.4 Å². The second-order valence-electron chi connectivity index (χ2n) is 3.42. The number of rotatable bonds is 2. The smallest absolute Gasteiger partial charge is 0.183 e. The van der Waals surface area contributed by atoms with Gasteiger partial charge >= 0.3 is 0 Å². The van der Waals surface area contributed by atoms with Gasteiger partial charge in [0.1, 0.15) is 0 Å². The van der Waals surface area contributed by atoms with Gasteiger partial charge < -0.3 is 10.3 Å². The highest BCUT2D eigenvalue weighted by molar-refractivity contribution is 5.59. The van der Waals surface area contributed by atoms with Gasteiger partial charge in [0.05, 0.1) is 0 Å². The number of nitrogens with zero attached hydrogens (tertiary/aromatic N) is 3. The van der Waals surface area contributed by atoms with Crippen molar-refractivity contribution in [1.29, 1.82) is 0 Å². The Kier molecular flexibility index (Phi) is 2.78. The lowest BCUT2D eigenvalue weighted by Crippen LogP contribution is -2.31. The Morgan fingerprint density at radius 2 is 1.86 bits per heavy atom. The summed E-state index contributed by atoms with van der Waals surface area (Å²) >= 11 is 0. The summed E-state index contributed by atoms with van der Waals surface area (Å²) < 4.78 is 0. The maximum atomic E-state index is 5.38. The third-order valence-corrected chi connectivity index (χ3v) is 2.47. The van der Waals surface area contributed by atoms with Crippen molar-refractivity contribution in [2.45, 2.75) is 19.3 Å². The zero-order chi connectivity index (χ0) is 9.80. The molecule has 1 aliphatic heterocycles. The van der Waals surface area contributed by atoms with E-state index in [0.29, 0.717) is 5.82 Å². The summed E-state index contributed by atoms with van der Waals surface area (Å²) in [5, 5.41) is 0. The Bertz CT molecular complexity index is 295. The molecule has 0 bridgehead atoms. The summed E-state index contributed by atoms with van der Waals surface area (Å²) in [6.07, 6.45) is 7.09. The van der Waals surface area contributed by atoms with Crippen LogP contribution in [0.5, 0.6) is 0 Å². The fraction of sp³-hybridized carbons (Fsp3) is 0.556. The predicted molar refractivity (Wildman–Crippen MR) is 55.9 cm³/mol. The van der Waals surface area contributed by atoms with Crippen molar-refractivity contribution in [3.8, 4) is 0 Å². The normalized spacial score (nSPS) is 16.8. The number of hydrogen-bond acceptors (Lipinski definition) is 5. The van der Waals surface area contributed by atoms with E-state index >= 15 is 0 Å². The molecule has 5 heteroatoms. The topological polar surface area (TPSA) is 67.1 Å². The van der Waals surface area contributed by atoms with Crippen LogP contribution in [-0.2, 0) is 0 Å². The van der Waals surface area contributed by atoms with E-state index in [4.69, 9.17) is 5.84 Å². The minimum absolute atomic E-state index is 0.661. The average Bonchev–Trinajstić information content (AvgIpc) is 2.30. The number of piperidine rings is 1. The van der Waals surface area contributed by atoms with Gasteiger partial charge in [0.15, 0.2) is 11.6 Å². The summed E-state index contributed by atoms with van der Waals surface area (Å²) in [5.74, 6) is 6.91. The molecule has 0 radical (unpaired) electrons. The minimum atomic E-state index is 0.661. The first-order valence-corrected chi connectivity index (χ1v) is 4.94. The second-order valence-corrected chi connectivity index (χ2v) is 3.42. The van der Waals surface area contributed by atoms with E-state index in [-0.39, 0.29) is 0 Å². The molecule has 3 N–H and O–H groups in total. The van der Waals surface area contributed by atoms with Crippen molar-refractivity contribution in [3.05, 3.63) is 12.4 Å². The van der Waals surface area contributed by atoms with E-state index in [9.17, 15) is 0 Å². The molecule has 1 saturated heterocycles. The molecule has 0 unspecified atom stereocenters. The number of nitrogens with one attached hydrogen (secondary N) is 1. The van der Waals surface area contributed by atoms with E-state index < -0.39 is 0 Å². The Morgan fingerprint density at radius 1 is 1.14 bits per heavy atom.